The Labute approximate surface area is 89.4 Å². The molecule has 0 spiro atoms. The summed E-state index contributed by atoms with van der Waals surface area (Å²) in [6.07, 6.45) is 0.642. The van der Waals surface area contributed by atoms with Crippen LogP contribution < -0.4 is 5.73 Å². The molecule has 2 N–H and O–H groups in total. The van der Waals surface area contributed by atoms with E-state index in [-0.39, 0.29) is 23.5 Å². The van der Waals surface area contributed by atoms with E-state index in [1.807, 2.05) is 19.1 Å². The summed E-state index contributed by atoms with van der Waals surface area (Å²) >= 11 is 0. The van der Waals surface area contributed by atoms with Crippen molar-refractivity contribution < 1.29 is 12.8 Å². The van der Waals surface area contributed by atoms with Gasteiger partial charge in [0.15, 0.2) is 9.84 Å². The molecule has 0 amide bonds. The van der Waals surface area contributed by atoms with Crippen LogP contribution in [0.5, 0.6) is 0 Å². The summed E-state index contributed by atoms with van der Waals surface area (Å²) in [6, 6.07) is 3.37. The molecule has 0 radical (unpaired) electrons. The van der Waals surface area contributed by atoms with Crippen molar-refractivity contribution in [3.05, 3.63) is 23.7 Å². The minimum absolute atomic E-state index is 0.000509. The Morgan fingerprint density at radius 3 is 2.73 bits per heavy atom. The van der Waals surface area contributed by atoms with Crippen molar-refractivity contribution in [2.45, 2.75) is 19.4 Å². The zero-order chi connectivity index (χ0) is 11.1. The molecule has 1 aliphatic rings. The van der Waals surface area contributed by atoms with Crippen LogP contribution in [-0.4, -0.2) is 19.9 Å². The molecular weight excluding hydrogens is 214 g/mol. The van der Waals surface area contributed by atoms with Gasteiger partial charge in [0, 0.05) is 0 Å². The molecule has 4 nitrogen and oxygen atoms in total. The number of furan rings is 1. The Balaban J connectivity index is 2.13. The largest absolute Gasteiger partial charge is 0.465 e. The van der Waals surface area contributed by atoms with Gasteiger partial charge in [-0.2, -0.15) is 0 Å². The van der Waals surface area contributed by atoms with Gasteiger partial charge in [0.25, 0.3) is 0 Å². The molecule has 2 unspecified atom stereocenters. The van der Waals surface area contributed by atoms with E-state index in [9.17, 15) is 8.42 Å². The number of nitrogens with two attached hydrogens (primary N) is 1. The molecular formula is C10H15NO3S. The third-order valence-corrected chi connectivity index (χ3v) is 4.66. The molecule has 1 saturated heterocycles. The number of aryl methyl sites for hydroxylation is 1. The monoisotopic (exact) mass is 229 g/mol. The van der Waals surface area contributed by atoms with Crippen LogP contribution in [-0.2, 0) is 9.84 Å². The van der Waals surface area contributed by atoms with Gasteiger partial charge < -0.3 is 10.2 Å². The van der Waals surface area contributed by atoms with E-state index in [0.717, 1.165) is 5.76 Å². The molecule has 1 fully saturated rings. The van der Waals surface area contributed by atoms with E-state index in [1.54, 1.807) is 0 Å². The van der Waals surface area contributed by atoms with Crippen LogP contribution in [0.15, 0.2) is 16.5 Å². The normalized spacial score (nSPS) is 26.7. The van der Waals surface area contributed by atoms with Gasteiger partial charge in [0.1, 0.15) is 11.5 Å². The maximum atomic E-state index is 11.3. The lowest BCUT2D eigenvalue weighted by Crippen LogP contribution is -2.21. The minimum Gasteiger partial charge on any atom is -0.465 e. The molecule has 5 heteroatoms. The standard InChI is InChI=1S/C10H15NO3S/c1-7-2-3-9(14-7)10(11)8-4-5-15(12,13)6-8/h2-3,8,10H,4-6,11H2,1H3. The van der Waals surface area contributed by atoms with Crippen molar-refractivity contribution in [1.29, 1.82) is 0 Å². The number of rotatable bonds is 2. The van der Waals surface area contributed by atoms with E-state index in [1.165, 1.54) is 0 Å². The summed E-state index contributed by atoms with van der Waals surface area (Å²) in [5.41, 5.74) is 5.98. The van der Waals surface area contributed by atoms with Crippen LogP contribution in [0.25, 0.3) is 0 Å². The molecule has 0 saturated carbocycles. The van der Waals surface area contributed by atoms with Crippen molar-refractivity contribution in [2.75, 3.05) is 11.5 Å². The van der Waals surface area contributed by atoms with Gasteiger partial charge in [-0.15, -0.1) is 0 Å². The average molecular weight is 229 g/mol. The molecule has 1 aromatic heterocycles. The van der Waals surface area contributed by atoms with Crippen molar-refractivity contribution >= 4 is 9.84 Å². The van der Waals surface area contributed by atoms with E-state index >= 15 is 0 Å². The van der Waals surface area contributed by atoms with Crippen LogP contribution in [0.2, 0.25) is 0 Å². The van der Waals surface area contributed by atoms with Crippen LogP contribution in [0.3, 0.4) is 0 Å². The van der Waals surface area contributed by atoms with Gasteiger partial charge in [-0.25, -0.2) is 8.42 Å². The Morgan fingerprint density at radius 2 is 2.27 bits per heavy atom. The lowest BCUT2D eigenvalue weighted by Gasteiger charge is -2.14. The number of hydrogen-bond donors (Lipinski definition) is 1. The van der Waals surface area contributed by atoms with E-state index in [2.05, 4.69) is 0 Å². The quantitative estimate of drug-likeness (QED) is 0.821. The number of hydrogen-bond acceptors (Lipinski definition) is 4. The molecule has 0 bridgehead atoms. The van der Waals surface area contributed by atoms with Gasteiger partial charge in [-0.05, 0) is 31.4 Å². The average Bonchev–Trinajstić information content (AvgIpc) is 2.71. The topological polar surface area (TPSA) is 73.3 Å². The van der Waals surface area contributed by atoms with Gasteiger partial charge in [0.2, 0.25) is 0 Å². The van der Waals surface area contributed by atoms with Crippen molar-refractivity contribution in [3.8, 4) is 0 Å². The summed E-state index contributed by atoms with van der Waals surface area (Å²) in [4.78, 5) is 0. The zero-order valence-corrected chi connectivity index (χ0v) is 9.46. The molecule has 15 heavy (non-hydrogen) atoms. The first-order valence-corrected chi connectivity index (χ1v) is 6.82. The van der Waals surface area contributed by atoms with Crippen molar-refractivity contribution in [2.24, 2.45) is 11.7 Å². The molecule has 0 aromatic carbocycles. The molecule has 1 aromatic rings. The highest BCUT2D eigenvalue weighted by atomic mass is 32.2. The molecule has 2 heterocycles. The Morgan fingerprint density at radius 1 is 1.53 bits per heavy atom. The Kier molecular flexibility index (Phi) is 2.60. The smallest absolute Gasteiger partial charge is 0.150 e. The minimum atomic E-state index is -2.86. The predicted octanol–water partition coefficient (Wildman–Crippen LogP) is 1.02. The van der Waals surface area contributed by atoms with Crippen molar-refractivity contribution in [3.63, 3.8) is 0 Å². The van der Waals surface area contributed by atoms with E-state index in [4.69, 9.17) is 10.2 Å². The lowest BCUT2D eigenvalue weighted by atomic mass is 9.98. The maximum Gasteiger partial charge on any atom is 0.150 e. The second kappa shape index (κ2) is 3.64. The molecule has 1 aliphatic heterocycles. The Bertz CT molecular complexity index is 449. The maximum absolute atomic E-state index is 11.3. The third kappa shape index (κ3) is 2.23. The van der Waals surface area contributed by atoms with Gasteiger partial charge >= 0.3 is 0 Å². The molecule has 84 valence electrons. The first kappa shape index (κ1) is 10.7. The Hall–Kier alpha value is -0.810. The van der Waals surface area contributed by atoms with Gasteiger partial charge in [0.05, 0.1) is 17.5 Å². The fraction of sp³-hybridized carbons (Fsp3) is 0.600. The zero-order valence-electron chi connectivity index (χ0n) is 8.64. The second-order valence-electron chi connectivity index (χ2n) is 4.14. The number of sulfone groups is 1. The lowest BCUT2D eigenvalue weighted by molar-refractivity contribution is 0.379. The summed E-state index contributed by atoms with van der Waals surface area (Å²) in [6.45, 7) is 1.85. The van der Waals surface area contributed by atoms with E-state index in [0.29, 0.717) is 12.2 Å². The van der Waals surface area contributed by atoms with Gasteiger partial charge in [-0.3, -0.25) is 0 Å². The van der Waals surface area contributed by atoms with Crippen molar-refractivity contribution in [1.82, 2.24) is 0 Å². The summed E-state index contributed by atoms with van der Waals surface area (Å²) in [5, 5.41) is 0. The third-order valence-electron chi connectivity index (χ3n) is 2.87. The molecule has 2 atom stereocenters. The summed E-state index contributed by atoms with van der Waals surface area (Å²) in [7, 11) is -2.86. The fourth-order valence-corrected chi connectivity index (χ4v) is 3.83. The highest BCUT2D eigenvalue weighted by Crippen LogP contribution is 2.30. The highest BCUT2D eigenvalue weighted by molar-refractivity contribution is 7.91. The second-order valence-corrected chi connectivity index (χ2v) is 6.37. The van der Waals surface area contributed by atoms with E-state index < -0.39 is 9.84 Å². The van der Waals surface area contributed by atoms with Crippen LogP contribution >= 0.6 is 0 Å². The van der Waals surface area contributed by atoms with Gasteiger partial charge in [-0.1, -0.05) is 0 Å². The molecule has 2 rings (SSSR count). The highest BCUT2D eigenvalue weighted by Gasteiger charge is 2.33. The molecule has 0 aliphatic carbocycles. The fourth-order valence-electron chi connectivity index (χ4n) is 1.97. The predicted molar refractivity (Wildman–Crippen MR) is 57.1 cm³/mol. The van der Waals surface area contributed by atoms with Crippen LogP contribution in [0, 0.1) is 12.8 Å². The van der Waals surface area contributed by atoms with Crippen LogP contribution in [0.4, 0.5) is 0 Å². The first-order chi connectivity index (χ1) is 6.98. The van der Waals surface area contributed by atoms with Crippen LogP contribution in [0.1, 0.15) is 24.0 Å². The SMILES string of the molecule is Cc1ccc(C(N)C2CCS(=O)(=O)C2)o1. The first-order valence-electron chi connectivity index (χ1n) is 5.00. The summed E-state index contributed by atoms with van der Waals surface area (Å²) in [5.74, 6) is 1.94. The summed E-state index contributed by atoms with van der Waals surface area (Å²) < 4.78 is 28.0.